The van der Waals surface area contributed by atoms with E-state index in [-0.39, 0.29) is 6.04 Å². The van der Waals surface area contributed by atoms with Crippen molar-refractivity contribution in [1.29, 1.82) is 0 Å². The maximum atomic E-state index is 5.61. The van der Waals surface area contributed by atoms with Gasteiger partial charge in [-0.05, 0) is 24.1 Å². The molecule has 3 nitrogen and oxygen atoms in total. The average molecular weight is 221 g/mol. The zero-order chi connectivity index (χ0) is 12.0. The Balaban J connectivity index is 2.79. The van der Waals surface area contributed by atoms with Crippen LogP contribution in [0.3, 0.4) is 0 Å². The zero-order valence-electron chi connectivity index (χ0n) is 10.5. The van der Waals surface area contributed by atoms with Crippen molar-refractivity contribution in [1.82, 2.24) is 5.43 Å². The number of hydrogen-bond donors (Lipinski definition) is 2. The minimum absolute atomic E-state index is 0.264. The normalized spacial score (nSPS) is 12.5. The number of nitrogens with zero attached hydrogens (tertiary/aromatic N) is 1. The van der Waals surface area contributed by atoms with Gasteiger partial charge in [-0.15, -0.1) is 0 Å². The van der Waals surface area contributed by atoms with Crippen LogP contribution in [-0.2, 0) is 0 Å². The summed E-state index contributed by atoms with van der Waals surface area (Å²) in [4.78, 5) is 2.11. The highest BCUT2D eigenvalue weighted by atomic mass is 15.2. The predicted octanol–water partition coefficient (Wildman–Crippen LogP) is 2.45. The van der Waals surface area contributed by atoms with E-state index in [1.54, 1.807) is 0 Å². The highest BCUT2D eigenvalue weighted by Crippen LogP contribution is 2.22. The van der Waals surface area contributed by atoms with Gasteiger partial charge in [0.15, 0.2) is 0 Å². The van der Waals surface area contributed by atoms with Gasteiger partial charge < -0.3 is 4.90 Å². The molecule has 1 rings (SSSR count). The van der Waals surface area contributed by atoms with Gasteiger partial charge in [-0.2, -0.15) is 0 Å². The van der Waals surface area contributed by atoms with Gasteiger partial charge in [0.2, 0.25) is 0 Å². The second-order valence-electron chi connectivity index (χ2n) is 4.35. The fraction of sp³-hybridized carbons (Fsp3) is 0.538. The van der Waals surface area contributed by atoms with Crippen molar-refractivity contribution in [2.45, 2.75) is 32.2 Å². The number of nitrogens with one attached hydrogen (secondary N) is 1. The van der Waals surface area contributed by atoms with Crippen molar-refractivity contribution >= 4 is 5.69 Å². The van der Waals surface area contributed by atoms with Crippen molar-refractivity contribution in [2.75, 3.05) is 19.0 Å². The van der Waals surface area contributed by atoms with E-state index in [0.717, 1.165) is 6.42 Å². The fourth-order valence-electron chi connectivity index (χ4n) is 1.77. The molecule has 0 saturated carbocycles. The molecule has 1 aromatic carbocycles. The Bertz CT molecular complexity index is 310. The summed E-state index contributed by atoms with van der Waals surface area (Å²) in [6, 6.07) is 8.78. The van der Waals surface area contributed by atoms with E-state index in [0.29, 0.717) is 0 Å². The summed E-state index contributed by atoms with van der Waals surface area (Å²) in [5.41, 5.74) is 5.38. The van der Waals surface area contributed by atoms with Gasteiger partial charge in [0.05, 0.1) is 0 Å². The summed E-state index contributed by atoms with van der Waals surface area (Å²) in [6.07, 6.45) is 3.48. The molecule has 0 aliphatic rings. The van der Waals surface area contributed by atoms with Crippen LogP contribution in [0.25, 0.3) is 0 Å². The Morgan fingerprint density at radius 3 is 2.69 bits per heavy atom. The third kappa shape index (κ3) is 3.51. The molecular formula is C13H23N3. The van der Waals surface area contributed by atoms with Crippen molar-refractivity contribution in [3.05, 3.63) is 29.8 Å². The second-order valence-corrected chi connectivity index (χ2v) is 4.35. The Labute approximate surface area is 98.6 Å². The topological polar surface area (TPSA) is 41.3 Å². The summed E-state index contributed by atoms with van der Waals surface area (Å²) in [7, 11) is 4.10. The molecule has 0 spiro atoms. The molecule has 0 bridgehead atoms. The van der Waals surface area contributed by atoms with Crippen LogP contribution < -0.4 is 16.2 Å². The summed E-state index contributed by atoms with van der Waals surface area (Å²) in [5, 5.41) is 0. The highest BCUT2D eigenvalue weighted by Gasteiger charge is 2.09. The number of unbranched alkanes of at least 4 members (excludes halogenated alkanes) is 1. The Morgan fingerprint density at radius 2 is 2.12 bits per heavy atom. The lowest BCUT2D eigenvalue weighted by atomic mass is 10.0. The van der Waals surface area contributed by atoms with Crippen molar-refractivity contribution in [3.63, 3.8) is 0 Å². The van der Waals surface area contributed by atoms with Gasteiger partial charge in [-0.3, -0.25) is 11.3 Å². The first-order chi connectivity index (χ1) is 7.69. The molecule has 0 fully saturated rings. The number of nitrogens with two attached hydrogens (primary N) is 1. The largest absolute Gasteiger partial charge is 0.378 e. The Morgan fingerprint density at radius 1 is 1.38 bits per heavy atom. The van der Waals surface area contributed by atoms with Crippen molar-refractivity contribution < 1.29 is 0 Å². The molecule has 0 saturated heterocycles. The Hall–Kier alpha value is -1.06. The first-order valence-corrected chi connectivity index (χ1v) is 5.92. The predicted molar refractivity (Wildman–Crippen MR) is 70.4 cm³/mol. The Kier molecular flexibility index (Phi) is 5.29. The van der Waals surface area contributed by atoms with E-state index < -0.39 is 0 Å². The van der Waals surface area contributed by atoms with Crippen LogP contribution in [0.4, 0.5) is 5.69 Å². The highest BCUT2D eigenvalue weighted by molar-refractivity contribution is 5.47. The van der Waals surface area contributed by atoms with E-state index in [9.17, 15) is 0 Å². The van der Waals surface area contributed by atoms with Gasteiger partial charge in [-0.1, -0.05) is 31.9 Å². The van der Waals surface area contributed by atoms with Crippen molar-refractivity contribution in [3.8, 4) is 0 Å². The maximum Gasteiger partial charge on any atom is 0.0460 e. The molecule has 1 aromatic rings. The molecule has 1 unspecified atom stereocenters. The van der Waals surface area contributed by atoms with E-state index in [1.165, 1.54) is 24.1 Å². The lowest BCUT2D eigenvalue weighted by Crippen LogP contribution is -2.28. The average Bonchev–Trinajstić information content (AvgIpc) is 2.30. The molecular weight excluding hydrogens is 198 g/mol. The molecule has 0 aliphatic carbocycles. The molecule has 1 atom stereocenters. The molecule has 3 N–H and O–H groups in total. The second kappa shape index (κ2) is 6.51. The number of hydrogen-bond acceptors (Lipinski definition) is 3. The zero-order valence-corrected chi connectivity index (χ0v) is 10.5. The number of rotatable bonds is 6. The summed E-state index contributed by atoms with van der Waals surface area (Å²) < 4.78 is 0. The summed E-state index contributed by atoms with van der Waals surface area (Å²) >= 11 is 0. The molecule has 16 heavy (non-hydrogen) atoms. The van der Waals surface area contributed by atoms with Crippen LogP contribution >= 0.6 is 0 Å². The first kappa shape index (κ1) is 13.0. The van der Waals surface area contributed by atoms with Gasteiger partial charge in [0.25, 0.3) is 0 Å². The quantitative estimate of drug-likeness (QED) is 0.572. The standard InChI is InChI=1S/C13H23N3/c1-4-5-9-13(15-14)11-7-6-8-12(10-11)16(2)3/h6-8,10,13,15H,4-5,9,14H2,1-3H3. The van der Waals surface area contributed by atoms with Crippen LogP contribution in [0, 0.1) is 0 Å². The molecule has 0 aromatic heterocycles. The fourth-order valence-corrected chi connectivity index (χ4v) is 1.77. The molecule has 0 radical (unpaired) electrons. The molecule has 0 amide bonds. The molecule has 90 valence electrons. The molecule has 0 aliphatic heterocycles. The van der Waals surface area contributed by atoms with Crippen LogP contribution in [0.1, 0.15) is 37.8 Å². The number of benzene rings is 1. The number of hydrazine groups is 1. The monoisotopic (exact) mass is 221 g/mol. The lowest BCUT2D eigenvalue weighted by molar-refractivity contribution is 0.495. The third-order valence-corrected chi connectivity index (χ3v) is 2.84. The van der Waals surface area contributed by atoms with Crippen LogP contribution in [0.2, 0.25) is 0 Å². The smallest absolute Gasteiger partial charge is 0.0460 e. The van der Waals surface area contributed by atoms with E-state index in [2.05, 4.69) is 55.6 Å². The molecule has 0 heterocycles. The minimum Gasteiger partial charge on any atom is -0.378 e. The van der Waals surface area contributed by atoms with Gasteiger partial charge in [0.1, 0.15) is 0 Å². The first-order valence-electron chi connectivity index (χ1n) is 5.92. The number of anilines is 1. The van der Waals surface area contributed by atoms with Gasteiger partial charge >= 0.3 is 0 Å². The third-order valence-electron chi connectivity index (χ3n) is 2.84. The van der Waals surface area contributed by atoms with Crippen molar-refractivity contribution in [2.24, 2.45) is 5.84 Å². The summed E-state index contributed by atoms with van der Waals surface area (Å²) in [6.45, 7) is 2.20. The van der Waals surface area contributed by atoms with Crippen LogP contribution in [-0.4, -0.2) is 14.1 Å². The van der Waals surface area contributed by atoms with E-state index >= 15 is 0 Å². The van der Waals surface area contributed by atoms with Gasteiger partial charge in [-0.25, -0.2) is 0 Å². The lowest BCUT2D eigenvalue weighted by Gasteiger charge is -2.19. The maximum absolute atomic E-state index is 5.61. The van der Waals surface area contributed by atoms with Gasteiger partial charge in [0, 0.05) is 25.8 Å². The minimum atomic E-state index is 0.264. The van der Waals surface area contributed by atoms with Crippen LogP contribution in [0.15, 0.2) is 24.3 Å². The SMILES string of the molecule is CCCCC(NN)c1cccc(N(C)C)c1. The van der Waals surface area contributed by atoms with Crippen LogP contribution in [0.5, 0.6) is 0 Å². The summed E-state index contributed by atoms with van der Waals surface area (Å²) in [5.74, 6) is 5.61. The van der Waals surface area contributed by atoms with E-state index in [1.807, 2.05) is 0 Å². The van der Waals surface area contributed by atoms with E-state index in [4.69, 9.17) is 5.84 Å². The molecule has 3 heteroatoms.